The Morgan fingerprint density at radius 2 is 2.12 bits per heavy atom. The normalized spacial score (nSPS) is 10.8. The van der Waals surface area contributed by atoms with E-state index in [1.54, 1.807) is 18.3 Å². The third-order valence-corrected chi connectivity index (χ3v) is 4.85. The number of carbonyl (C=O) groups excluding carboxylic acids is 2. The first kappa shape index (κ1) is 18.1. The van der Waals surface area contributed by atoms with Gasteiger partial charge in [0, 0.05) is 25.2 Å². The second-order valence-electron chi connectivity index (χ2n) is 5.79. The van der Waals surface area contributed by atoms with Gasteiger partial charge in [-0.2, -0.15) is 0 Å². The lowest BCUT2D eigenvalue weighted by Crippen LogP contribution is -2.22. The molecule has 2 aromatic heterocycles. The molecule has 0 bridgehead atoms. The second-order valence-corrected chi connectivity index (χ2v) is 6.73. The quantitative estimate of drug-likeness (QED) is 0.512. The van der Waals surface area contributed by atoms with Gasteiger partial charge in [0.2, 0.25) is 5.91 Å². The molecule has 0 radical (unpaired) electrons. The number of imidazole rings is 1. The van der Waals surface area contributed by atoms with Crippen LogP contribution in [-0.4, -0.2) is 33.4 Å². The van der Waals surface area contributed by atoms with Gasteiger partial charge in [-0.25, -0.2) is 9.37 Å². The third-order valence-electron chi connectivity index (χ3n) is 3.88. The van der Waals surface area contributed by atoms with Crippen LogP contribution in [-0.2, 0) is 11.2 Å². The van der Waals surface area contributed by atoms with Crippen molar-refractivity contribution in [2.45, 2.75) is 18.5 Å². The van der Waals surface area contributed by atoms with Gasteiger partial charge in [0.25, 0.3) is 0 Å². The number of ketones is 1. The molecule has 0 unspecified atom stereocenters. The number of hydrogen-bond donors (Lipinski definition) is 1. The SMILES string of the molecule is CC(=O)NCCc1ccc(C(=O)CSc2ncc3ccccn23)cc1F. The molecule has 1 aromatic carbocycles. The molecule has 0 aliphatic rings. The lowest BCUT2D eigenvalue weighted by molar-refractivity contribution is -0.118. The molecule has 1 amide bonds. The molecular weight excluding hydrogens is 353 g/mol. The zero-order valence-corrected chi connectivity index (χ0v) is 15.1. The van der Waals surface area contributed by atoms with Crippen LogP contribution in [0.3, 0.4) is 0 Å². The van der Waals surface area contributed by atoms with Crippen LogP contribution in [0.15, 0.2) is 53.9 Å². The number of aromatic nitrogens is 2. The predicted octanol–water partition coefficient (Wildman–Crippen LogP) is 3.13. The number of hydrogen-bond acceptors (Lipinski definition) is 4. The van der Waals surface area contributed by atoms with E-state index in [9.17, 15) is 14.0 Å². The van der Waals surface area contributed by atoms with E-state index in [2.05, 4.69) is 10.3 Å². The minimum atomic E-state index is -0.433. The van der Waals surface area contributed by atoms with Crippen LogP contribution < -0.4 is 5.32 Å². The highest BCUT2D eigenvalue weighted by Gasteiger charge is 2.12. The predicted molar refractivity (Wildman–Crippen MR) is 99.0 cm³/mol. The van der Waals surface area contributed by atoms with Crippen molar-refractivity contribution in [2.24, 2.45) is 0 Å². The fraction of sp³-hybridized carbons (Fsp3) is 0.211. The molecule has 3 aromatic rings. The second kappa shape index (κ2) is 8.14. The Morgan fingerprint density at radius 3 is 2.88 bits per heavy atom. The van der Waals surface area contributed by atoms with Crippen LogP contribution >= 0.6 is 11.8 Å². The first-order chi connectivity index (χ1) is 12.5. The van der Waals surface area contributed by atoms with Gasteiger partial charge >= 0.3 is 0 Å². The van der Waals surface area contributed by atoms with Crippen molar-refractivity contribution in [3.05, 3.63) is 65.7 Å². The van der Waals surface area contributed by atoms with Crippen LogP contribution in [0.5, 0.6) is 0 Å². The van der Waals surface area contributed by atoms with Gasteiger partial charge in [0.15, 0.2) is 10.9 Å². The van der Waals surface area contributed by atoms with Crippen LogP contribution in [0, 0.1) is 5.82 Å². The van der Waals surface area contributed by atoms with E-state index in [0.29, 0.717) is 24.1 Å². The summed E-state index contributed by atoms with van der Waals surface area (Å²) >= 11 is 1.32. The van der Waals surface area contributed by atoms with Gasteiger partial charge in [-0.05, 0) is 30.2 Å². The molecule has 0 atom stereocenters. The summed E-state index contributed by atoms with van der Waals surface area (Å²) in [7, 11) is 0. The number of amides is 1. The molecule has 0 aliphatic heterocycles. The summed E-state index contributed by atoms with van der Waals surface area (Å²) in [6, 6.07) is 10.2. The van der Waals surface area contributed by atoms with Crippen molar-refractivity contribution in [2.75, 3.05) is 12.3 Å². The molecule has 0 fully saturated rings. The smallest absolute Gasteiger partial charge is 0.216 e. The highest BCUT2D eigenvalue weighted by molar-refractivity contribution is 7.99. The summed E-state index contributed by atoms with van der Waals surface area (Å²) in [5, 5.41) is 3.35. The fourth-order valence-electron chi connectivity index (χ4n) is 2.54. The fourth-order valence-corrected chi connectivity index (χ4v) is 3.40. The number of benzene rings is 1. The molecule has 5 nitrogen and oxygen atoms in total. The number of nitrogens with one attached hydrogen (secondary N) is 1. The van der Waals surface area contributed by atoms with Gasteiger partial charge in [0.1, 0.15) is 5.82 Å². The largest absolute Gasteiger partial charge is 0.356 e. The number of nitrogens with zero attached hydrogens (tertiary/aromatic N) is 2. The summed E-state index contributed by atoms with van der Waals surface area (Å²) in [5.74, 6) is -0.563. The van der Waals surface area contributed by atoms with Crippen LogP contribution in [0.1, 0.15) is 22.8 Å². The number of rotatable bonds is 7. The minimum Gasteiger partial charge on any atom is -0.356 e. The Kier molecular flexibility index (Phi) is 5.68. The van der Waals surface area contributed by atoms with E-state index < -0.39 is 5.82 Å². The summed E-state index contributed by atoms with van der Waals surface area (Å²) in [6.45, 7) is 1.78. The maximum Gasteiger partial charge on any atom is 0.216 e. The summed E-state index contributed by atoms with van der Waals surface area (Å²) < 4.78 is 16.1. The first-order valence-electron chi connectivity index (χ1n) is 8.15. The highest BCUT2D eigenvalue weighted by Crippen LogP contribution is 2.20. The van der Waals surface area contributed by atoms with E-state index in [1.165, 1.54) is 24.8 Å². The van der Waals surface area contributed by atoms with Crippen molar-refractivity contribution in [3.8, 4) is 0 Å². The summed E-state index contributed by atoms with van der Waals surface area (Å²) in [4.78, 5) is 27.5. The van der Waals surface area contributed by atoms with E-state index in [-0.39, 0.29) is 17.4 Å². The molecule has 3 rings (SSSR count). The van der Waals surface area contributed by atoms with Gasteiger partial charge < -0.3 is 5.32 Å². The Hall–Kier alpha value is -2.67. The van der Waals surface area contributed by atoms with Gasteiger partial charge in [-0.15, -0.1) is 0 Å². The van der Waals surface area contributed by atoms with Gasteiger partial charge in [-0.3, -0.25) is 14.0 Å². The number of thioether (sulfide) groups is 1. The Balaban J connectivity index is 1.62. The lowest BCUT2D eigenvalue weighted by atomic mass is 10.1. The molecule has 0 aliphatic carbocycles. The topological polar surface area (TPSA) is 63.5 Å². The lowest BCUT2D eigenvalue weighted by Gasteiger charge is -2.06. The standard InChI is InChI=1S/C19H18FN3O2S/c1-13(24)21-8-7-14-5-6-15(10-17(14)20)18(25)12-26-19-22-11-16-4-2-3-9-23(16)19/h2-6,9-11H,7-8,12H2,1H3,(H,21,24). The molecule has 0 spiro atoms. The third kappa shape index (κ3) is 4.29. The molecule has 2 heterocycles. The Labute approximate surface area is 154 Å². The Morgan fingerprint density at radius 1 is 1.27 bits per heavy atom. The number of pyridine rings is 1. The molecule has 1 N–H and O–H groups in total. The Bertz CT molecular complexity index is 955. The molecular formula is C19H18FN3O2S. The molecule has 0 saturated carbocycles. The summed E-state index contributed by atoms with van der Waals surface area (Å²) in [6.07, 6.45) is 4.02. The molecule has 134 valence electrons. The van der Waals surface area contributed by atoms with Crippen LogP contribution in [0.4, 0.5) is 4.39 Å². The maximum atomic E-state index is 14.2. The highest BCUT2D eigenvalue weighted by atomic mass is 32.2. The number of fused-ring (bicyclic) bond motifs is 1. The maximum absolute atomic E-state index is 14.2. The number of carbonyl (C=O) groups is 2. The monoisotopic (exact) mass is 371 g/mol. The van der Waals surface area contributed by atoms with Gasteiger partial charge in [0.05, 0.1) is 17.5 Å². The van der Waals surface area contributed by atoms with Gasteiger partial charge in [-0.1, -0.05) is 30.0 Å². The minimum absolute atomic E-state index is 0.152. The average molecular weight is 371 g/mol. The van der Waals surface area contributed by atoms with Crippen LogP contribution in [0.25, 0.3) is 5.52 Å². The molecule has 0 saturated heterocycles. The van der Waals surface area contributed by atoms with Crippen molar-refractivity contribution in [3.63, 3.8) is 0 Å². The van der Waals surface area contributed by atoms with E-state index >= 15 is 0 Å². The van der Waals surface area contributed by atoms with Crippen molar-refractivity contribution >= 4 is 29.0 Å². The average Bonchev–Trinajstić information content (AvgIpc) is 3.04. The van der Waals surface area contributed by atoms with Crippen molar-refractivity contribution < 1.29 is 14.0 Å². The number of Topliss-reactive ketones (excluding diaryl/α,β-unsaturated/α-hetero) is 1. The summed E-state index contributed by atoms with van der Waals surface area (Å²) in [5.41, 5.74) is 1.76. The zero-order valence-electron chi connectivity index (χ0n) is 14.2. The van der Waals surface area contributed by atoms with Crippen molar-refractivity contribution in [1.82, 2.24) is 14.7 Å². The van der Waals surface area contributed by atoms with E-state index in [0.717, 1.165) is 10.7 Å². The van der Waals surface area contributed by atoms with Crippen LogP contribution in [0.2, 0.25) is 0 Å². The number of halogens is 1. The van der Waals surface area contributed by atoms with E-state index in [4.69, 9.17) is 0 Å². The molecule has 7 heteroatoms. The first-order valence-corrected chi connectivity index (χ1v) is 9.14. The molecule has 26 heavy (non-hydrogen) atoms. The zero-order chi connectivity index (χ0) is 18.5. The van der Waals surface area contributed by atoms with E-state index in [1.807, 2.05) is 28.8 Å². The van der Waals surface area contributed by atoms with Crippen molar-refractivity contribution in [1.29, 1.82) is 0 Å².